The van der Waals surface area contributed by atoms with Gasteiger partial charge in [-0.25, -0.2) is 4.79 Å². The predicted molar refractivity (Wildman–Crippen MR) is 68.4 cm³/mol. The van der Waals surface area contributed by atoms with Crippen molar-refractivity contribution in [2.45, 2.75) is 32.4 Å². The molecule has 0 spiro atoms. The number of hydrogen-bond donors (Lipinski definition) is 1. The molecule has 1 aromatic heterocycles. The molecule has 1 amide bonds. The van der Waals surface area contributed by atoms with E-state index in [-0.39, 0.29) is 6.09 Å². The normalized spacial score (nSPS) is 16.8. The molecule has 0 unspecified atom stereocenters. The second kappa shape index (κ2) is 6.65. The Balaban J connectivity index is 1.68. The van der Waals surface area contributed by atoms with Crippen LogP contribution in [0.1, 0.15) is 25.5 Å². The summed E-state index contributed by atoms with van der Waals surface area (Å²) in [5, 5.41) is 9.38. The van der Waals surface area contributed by atoms with Crippen LogP contribution in [0.15, 0.2) is 5.38 Å². The highest BCUT2D eigenvalue weighted by Gasteiger charge is 2.23. The van der Waals surface area contributed by atoms with Crippen molar-refractivity contribution in [1.82, 2.24) is 19.8 Å². The van der Waals surface area contributed by atoms with Gasteiger partial charge < -0.3 is 15.0 Å². The molecule has 2 heterocycles. The van der Waals surface area contributed by atoms with Gasteiger partial charge in [-0.3, -0.25) is 0 Å². The molecule has 0 atom stereocenters. The standard InChI is InChI=1S/C11H18N4O2S/c1-2-17-11(16)15-5-3-9(4-6-15)12-7-10-8-18-14-13-10/h8-9,12H,2-7H2,1H3. The lowest BCUT2D eigenvalue weighted by Gasteiger charge is -2.31. The van der Waals surface area contributed by atoms with Crippen LogP contribution in [0, 0.1) is 0 Å². The third-order valence-electron chi connectivity index (χ3n) is 3.00. The topological polar surface area (TPSA) is 67.3 Å². The zero-order chi connectivity index (χ0) is 12.8. The van der Waals surface area contributed by atoms with Gasteiger partial charge in [0.25, 0.3) is 0 Å². The number of aromatic nitrogens is 2. The van der Waals surface area contributed by atoms with Crippen LogP contribution in [-0.4, -0.2) is 46.3 Å². The summed E-state index contributed by atoms with van der Waals surface area (Å²) in [7, 11) is 0. The van der Waals surface area contributed by atoms with Crippen molar-refractivity contribution in [1.29, 1.82) is 0 Å². The molecule has 1 N–H and O–H groups in total. The van der Waals surface area contributed by atoms with E-state index in [1.807, 2.05) is 12.3 Å². The molecule has 18 heavy (non-hydrogen) atoms. The van der Waals surface area contributed by atoms with Crippen molar-refractivity contribution < 1.29 is 9.53 Å². The number of carbonyl (C=O) groups excluding carboxylic acids is 1. The summed E-state index contributed by atoms with van der Waals surface area (Å²) in [6.45, 7) is 4.53. The van der Waals surface area contributed by atoms with Crippen LogP contribution in [-0.2, 0) is 11.3 Å². The number of nitrogens with zero attached hydrogens (tertiary/aromatic N) is 3. The molecule has 1 aromatic rings. The van der Waals surface area contributed by atoms with Gasteiger partial charge in [0.15, 0.2) is 0 Å². The Labute approximate surface area is 110 Å². The highest BCUT2D eigenvalue weighted by atomic mass is 32.1. The number of carbonyl (C=O) groups is 1. The maximum atomic E-state index is 11.5. The lowest BCUT2D eigenvalue weighted by molar-refractivity contribution is 0.0949. The minimum atomic E-state index is -0.195. The smallest absolute Gasteiger partial charge is 0.409 e. The lowest BCUT2D eigenvalue weighted by Crippen LogP contribution is -2.44. The van der Waals surface area contributed by atoms with Crippen LogP contribution in [0.2, 0.25) is 0 Å². The fourth-order valence-electron chi connectivity index (χ4n) is 1.99. The van der Waals surface area contributed by atoms with E-state index in [2.05, 4.69) is 14.9 Å². The first-order chi connectivity index (χ1) is 8.79. The molecule has 0 aliphatic carbocycles. The quantitative estimate of drug-likeness (QED) is 0.892. The van der Waals surface area contributed by atoms with Crippen molar-refractivity contribution in [3.63, 3.8) is 0 Å². The molecule has 1 fully saturated rings. The molecule has 0 aromatic carbocycles. The first-order valence-corrected chi connectivity index (χ1v) is 7.04. The first kappa shape index (κ1) is 13.2. The molecule has 1 aliphatic rings. The van der Waals surface area contributed by atoms with Crippen molar-refractivity contribution in [2.75, 3.05) is 19.7 Å². The van der Waals surface area contributed by atoms with E-state index < -0.39 is 0 Å². The van der Waals surface area contributed by atoms with Gasteiger partial charge in [-0.2, -0.15) is 0 Å². The van der Waals surface area contributed by atoms with Crippen LogP contribution in [0.5, 0.6) is 0 Å². The van der Waals surface area contributed by atoms with Gasteiger partial charge in [-0.15, -0.1) is 5.10 Å². The average molecular weight is 270 g/mol. The van der Waals surface area contributed by atoms with Crippen LogP contribution >= 0.6 is 11.5 Å². The lowest BCUT2D eigenvalue weighted by atomic mass is 10.1. The Kier molecular flexibility index (Phi) is 4.89. The zero-order valence-electron chi connectivity index (χ0n) is 10.5. The Morgan fingerprint density at radius 2 is 2.39 bits per heavy atom. The van der Waals surface area contributed by atoms with Crippen LogP contribution in [0.3, 0.4) is 0 Å². The molecule has 0 radical (unpaired) electrons. The zero-order valence-corrected chi connectivity index (χ0v) is 11.3. The van der Waals surface area contributed by atoms with Crippen LogP contribution in [0.4, 0.5) is 4.79 Å². The van der Waals surface area contributed by atoms with Crippen molar-refractivity contribution >= 4 is 17.6 Å². The molecule has 1 saturated heterocycles. The predicted octanol–water partition coefficient (Wildman–Crippen LogP) is 1.25. The molecular formula is C11H18N4O2S. The largest absolute Gasteiger partial charge is 0.450 e. The Morgan fingerprint density at radius 3 is 3.00 bits per heavy atom. The molecule has 0 saturated carbocycles. The molecule has 1 aliphatic heterocycles. The monoisotopic (exact) mass is 270 g/mol. The molecular weight excluding hydrogens is 252 g/mol. The number of likely N-dealkylation sites (tertiary alicyclic amines) is 1. The summed E-state index contributed by atoms with van der Waals surface area (Å²) >= 11 is 1.37. The SMILES string of the molecule is CCOC(=O)N1CCC(NCc2csnn2)CC1. The molecule has 6 nitrogen and oxygen atoms in total. The van der Waals surface area contributed by atoms with Crippen molar-refractivity contribution in [3.05, 3.63) is 11.1 Å². The van der Waals surface area contributed by atoms with Gasteiger partial charge in [0, 0.05) is 31.1 Å². The fourth-order valence-corrected chi connectivity index (χ4v) is 2.44. The Hall–Kier alpha value is -1.21. The molecule has 0 bridgehead atoms. The van der Waals surface area contributed by atoms with Gasteiger partial charge in [0.05, 0.1) is 12.3 Å². The fraction of sp³-hybridized carbons (Fsp3) is 0.727. The van der Waals surface area contributed by atoms with Gasteiger partial charge in [0.1, 0.15) is 0 Å². The van der Waals surface area contributed by atoms with Crippen LogP contribution in [0.25, 0.3) is 0 Å². The highest BCUT2D eigenvalue weighted by Crippen LogP contribution is 2.12. The molecule has 100 valence electrons. The third kappa shape index (κ3) is 3.64. The number of amides is 1. The highest BCUT2D eigenvalue weighted by molar-refractivity contribution is 7.03. The number of nitrogens with one attached hydrogen (secondary N) is 1. The second-order valence-electron chi connectivity index (χ2n) is 4.24. The van der Waals surface area contributed by atoms with Gasteiger partial charge in [0.2, 0.25) is 0 Å². The van der Waals surface area contributed by atoms with E-state index >= 15 is 0 Å². The summed E-state index contributed by atoms with van der Waals surface area (Å²) in [5.74, 6) is 0. The number of ether oxygens (including phenoxy) is 1. The Morgan fingerprint density at radius 1 is 1.61 bits per heavy atom. The van der Waals surface area contributed by atoms with E-state index in [1.165, 1.54) is 11.5 Å². The van der Waals surface area contributed by atoms with E-state index in [0.29, 0.717) is 12.6 Å². The van der Waals surface area contributed by atoms with Crippen LogP contribution < -0.4 is 5.32 Å². The van der Waals surface area contributed by atoms with Crippen molar-refractivity contribution in [2.24, 2.45) is 0 Å². The van der Waals surface area contributed by atoms with E-state index in [1.54, 1.807) is 4.90 Å². The summed E-state index contributed by atoms with van der Waals surface area (Å²) < 4.78 is 8.81. The minimum Gasteiger partial charge on any atom is -0.450 e. The number of rotatable bonds is 4. The number of piperidine rings is 1. The van der Waals surface area contributed by atoms with E-state index in [9.17, 15) is 4.79 Å². The van der Waals surface area contributed by atoms with Gasteiger partial charge in [-0.1, -0.05) is 4.49 Å². The van der Waals surface area contributed by atoms with E-state index in [4.69, 9.17) is 4.74 Å². The van der Waals surface area contributed by atoms with Crippen molar-refractivity contribution in [3.8, 4) is 0 Å². The van der Waals surface area contributed by atoms with E-state index in [0.717, 1.165) is 38.2 Å². The maximum absolute atomic E-state index is 11.5. The summed E-state index contributed by atoms with van der Waals surface area (Å²) in [5.41, 5.74) is 0.979. The third-order valence-corrected chi connectivity index (χ3v) is 3.55. The summed E-state index contributed by atoms with van der Waals surface area (Å²) in [6.07, 6.45) is 1.71. The molecule has 7 heteroatoms. The first-order valence-electron chi connectivity index (χ1n) is 6.20. The Bertz CT molecular complexity index is 363. The summed E-state index contributed by atoms with van der Waals surface area (Å²) in [4.78, 5) is 13.3. The second-order valence-corrected chi connectivity index (χ2v) is 4.85. The average Bonchev–Trinajstić information content (AvgIpc) is 2.90. The molecule has 2 rings (SSSR count). The van der Waals surface area contributed by atoms with Gasteiger partial charge >= 0.3 is 6.09 Å². The minimum absolute atomic E-state index is 0.195. The summed E-state index contributed by atoms with van der Waals surface area (Å²) in [6, 6.07) is 0.442. The maximum Gasteiger partial charge on any atom is 0.409 e. The van der Waals surface area contributed by atoms with Gasteiger partial charge in [-0.05, 0) is 31.3 Å². The number of hydrogen-bond acceptors (Lipinski definition) is 6.